The van der Waals surface area contributed by atoms with Crippen molar-refractivity contribution in [1.82, 2.24) is 4.98 Å². The maximum atomic E-state index is 11.7. The highest BCUT2D eigenvalue weighted by molar-refractivity contribution is 5.53. The van der Waals surface area contributed by atoms with E-state index in [9.17, 15) is 8.78 Å². The molecule has 5 nitrogen and oxygen atoms in total. The van der Waals surface area contributed by atoms with Crippen LogP contribution in [0.3, 0.4) is 0 Å². The van der Waals surface area contributed by atoms with Gasteiger partial charge in [0.1, 0.15) is 12.4 Å². The number of rotatable bonds is 7. The minimum atomic E-state index is -2.44. The molecule has 0 aliphatic heterocycles. The van der Waals surface area contributed by atoms with Gasteiger partial charge in [-0.15, -0.1) is 0 Å². The first kappa shape index (κ1) is 13.4. The van der Waals surface area contributed by atoms with Gasteiger partial charge in [0.05, 0.1) is 19.4 Å². The van der Waals surface area contributed by atoms with E-state index in [2.05, 4.69) is 10.3 Å². The van der Waals surface area contributed by atoms with E-state index >= 15 is 0 Å². The van der Waals surface area contributed by atoms with E-state index in [1.54, 1.807) is 12.1 Å². The molecule has 1 rings (SSSR count). The summed E-state index contributed by atoms with van der Waals surface area (Å²) < 4.78 is 33.1. The molecule has 7 heteroatoms. The van der Waals surface area contributed by atoms with Gasteiger partial charge in [-0.2, -0.15) is 4.98 Å². The Labute approximate surface area is 97.9 Å². The van der Waals surface area contributed by atoms with E-state index in [1.165, 1.54) is 7.11 Å². The van der Waals surface area contributed by atoms with E-state index < -0.39 is 13.0 Å². The molecule has 17 heavy (non-hydrogen) atoms. The van der Waals surface area contributed by atoms with Gasteiger partial charge < -0.3 is 20.5 Å². The average Bonchev–Trinajstić information content (AvgIpc) is 2.30. The fraction of sp³-hybridized carbons (Fsp3) is 0.500. The van der Waals surface area contributed by atoms with Crippen molar-refractivity contribution in [2.45, 2.75) is 6.43 Å². The second kappa shape index (κ2) is 6.85. The average molecular weight is 247 g/mol. The second-order valence-electron chi connectivity index (χ2n) is 3.19. The molecule has 0 aliphatic carbocycles. The molecule has 0 aromatic carbocycles. The predicted octanol–water partition coefficient (Wildman–Crippen LogP) is 1.37. The van der Waals surface area contributed by atoms with E-state index in [1.807, 2.05) is 0 Å². The number of nitrogens with one attached hydrogen (secondary N) is 1. The topological polar surface area (TPSA) is 69.4 Å². The molecular formula is C10H15F2N3O2. The predicted molar refractivity (Wildman–Crippen MR) is 60.5 cm³/mol. The van der Waals surface area contributed by atoms with Gasteiger partial charge in [0.25, 0.3) is 6.43 Å². The summed E-state index contributed by atoms with van der Waals surface area (Å²) in [6.45, 7) is 0.00563. The van der Waals surface area contributed by atoms with Gasteiger partial charge in [-0.25, -0.2) is 8.78 Å². The van der Waals surface area contributed by atoms with Crippen molar-refractivity contribution in [2.24, 2.45) is 0 Å². The number of methoxy groups -OCH3 is 1. The van der Waals surface area contributed by atoms with Gasteiger partial charge >= 0.3 is 0 Å². The molecule has 0 saturated heterocycles. The van der Waals surface area contributed by atoms with E-state index in [-0.39, 0.29) is 6.61 Å². The van der Waals surface area contributed by atoms with Crippen molar-refractivity contribution in [3.63, 3.8) is 0 Å². The number of nitrogens with zero attached hydrogens (tertiary/aromatic N) is 1. The highest BCUT2D eigenvalue weighted by atomic mass is 19.3. The lowest BCUT2D eigenvalue weighted by atomic mass is 10.4. The number of halogens is 2. The largest absolute Gasteiger partial charge is 0.479 e. The fourth-order valence-electron chi connectivity index (χ4n) is 1.14. The maximum absolute atomic E-state index is 11.7. The third kappa shape index (κ3) is 4.81. The van der Waals surface area contributed by atoms with Crippen molar-refractivity contribution >= 4 is 11.5 Å². The lowest BCUT2D eigenvalue weighted by Gasteiger charge is -2.08. The molecule has 1 aromatic rings. The molecule has 0 aliphatic rings. The summed E-state index contributed by atoms with van der Waals surface area (Å²) in [6, 6.07) is 3.32. The van der Waals surface area contributed by atoms with Crippen LogP contribution in [0.15, 0.2) is 12.1 Å². The normalized spacial score (nSPS) is 10.6. The van der Waals surface area contributed by atoms with Crippen LogP contribution in [0.25, 0.3) is 0 Å². The van der Waals surface area contributed by atoms with E-state index in [4.69, 9.17) is 15.2 Å². The van der Waals surface area contributed by atoms with Crippen molar-refractivity contribution in [3.05, 3.63) is 12.1 Å². The van der Waals surface area contributed by atoms with Crippen molar-refractivity contribution in [1.29, 1.82) is 0 Å². The minimum absolute atomic E-state index is 0.179. The highest BCUT2D eigenvalue weighted by Crippen LogP contribution is 2.19. The summed E-state index contributed by atoms with van der Waals surface area (Å²) in [4.78, 5) is 4.06. The molecule has 1 heterocycles. The molecule has 0 unspecified atom stereocenters. The molecule has 0 spiro atoms. The van der Waals surface area contributed by atoms with Gasteiger partial charge in [-0.05, 0) is 12.1 Å². The Morgan fingerprint density at radius 1 is 1.47 bits per heavy atom. The number of aromatic nitrogens is 1. The van der Waals surface area contributed by atoms with Crippen LogP contribution in [-0.4, -0.2) is 38.3 Å². The zero-order valence-corrected chi connectivity index (χ0v) is 9.45. The third-order valence-electron chi connectivity index (χ3n) is 1.88. The molecule has 0 fully saturated rings. The number of nitrogens with two attached hydrogens (primary N) is 1. The van der Waals surface area contributed by atoms with Crippen LogP contribution < -0.4 is 15.8 Å². The van der Waals surface area contributed by atoms with Crippen molar-refractivity contribution < 1.29 is 18.3 Å². The first-order chi connectivity index (χ1) is 8.13. The summed E-state index contributed by atoms with van der Waals surface area (Å²) in [6.07, 6.45) is -2.44. The summed E-state index contributed by atoms with van der Waals surface area (Å²) >= 11 is 0. The smallest absolute Gasteiger partial charge is 0.261 e. The van der Waals surface area contributed by atoms with Crippen molar-refractivity contribution in [3.8, 4) is 5.88 Å². The maximum Gasteiger partial charge on any atom is 0.261 e. The molecular weight excluding hydrogens is 232 g/mol. The first-order valence-corrected chi connectivity index (χ1v) is 5.03. The number of hydrogen-bond acceptors (Lipinski definition) is 5. The van der Waals surface area contributed by atoms with Crippen LogP contribution in [0.1, 0.15) is 0 Å². The summed E-state index contributed by atoms with van der Waals surface area (Å²) in [5, 5.41) is 2.90. The SMILES string of the molecule is COc1nc(NCCOCC(F)F)ccc1N. The molecule has 0 radical (unpaired) electrons. The van der Waals surface area contributed by atoms with Crippen molar-refractivity contribution in [2.75, 3.05) is 37.9 Å². The third-order valence-corrected chi connectivity index (χ3v) is 1.88. The number of nitrogen functional groups attached to an aromatic ring is 1. The van der Waals surface area contributed by atoms with Gasteiger partial charge in [-0.1, -0.05) is 0 Å². The Bertz CT molecular complexity index is 350. The monoisotopic (exact) mass is 247 g/mol. The summed E-state index contributed by atoms with van der Waals surface area (Å²) in [5.74, 6) is 0.875. The van der Waals surface area contributed by atoms with Crippen LogP contribution in [-0.2, 0) is 4.74 Å². The Morgan fingerprint density at radius 2 is 2.24 bits per heavy atom. The molecule has 0 bridgehead atoms. The summed E-state index contributed by atoms with van der Waals surface area (Å²) in [7, 11) is 1.47. The van der Waals surface area contributed by atoms with Gasteiger partial charge in [-0.3, -0.25) is 0 Å². The number of alkyl halides is 2. The van der Waals surface area contributed by atoms with Gasteiger partial charge in [0.2, 0.25) is 5.88 Å². The number of hydrogen-bond donors (Lipinski definition) is 2. The Hall–Kier alpha value is -1.63. The molecule has 1 aromatic heterocycles. The Kier molecular flexibility index (Phi) is 5.41. The van der Waals surface area contributed by atoms with Gasteiger partial charge in [0, 0.05) is 6.54 Å². The lowest BCUT2D eigenvalue weighted by molar-refractivity contribution is 0.0215. The van der Waals surface area contributed by atoms with Crippen LogP contribution in [0.2, 0.25) is 0 Å². The fourth-order valence-corrected chi connectivity index (χ4v) is 1.14. The van der Waals surface area contributed by atoms with Gasteiger partial charge in [0.15, 0.2) is 0 Å². The van der Waals surface area contributed by atoms with Crippen LogP contribution in [0.5, 0.6) is 5.88 Å². The molecule has 3 N–H and O–H groups in total. The zero-order valence-electron chi connectivity index (χ0n) is 9.45. The minimum Gasteiger partial charge on any atom is -0.479 e. The summed E-state index contributed by atoms with van der Waals surface area (Å²) in [5.41, 5.74) is 6.02. The number of pyridine rings is 1. The molecule has 96 valence electrons. The lowest BCUT2D eigenvalue weighted by Crippen LogP contribution is -2.13. The quantitative estimate of drug-likeness (QED) is 0.712. The Morgan fingerprint density at radius 3 is 2.88 bits per heavy atom. The second-order valence-corrected chi connectivity index (χ2v) is 3.19. The van der Waals surface area contributed by atoms with E-state index in [0.717, 1.165) is 0 Å². The van der Waals surface area contributed by atoms with Crippen LogP contribution in [0.4, 0.5) is 20.3 Å². The molecule has 0 atom stereocenters. The standard InChI is InChI=1S/C10H15F2N3O2/c1-16-10-7(13)2-3-9(15-10)14-4-5-17-6-8(11)12/h2-3,8H,4-6,13H2,1H3,(H,14,15). The Balaban J connectivity index is 2.32. The van der Waals surface area contributed by atoms with Crippen LogP contribution >= 0.6 is 0 Å². The highest BCUT2D eigenvalue weighted by Gasteiger charge is 2.03. The van der Waals surface area contributed by atoms with Crippen LogP contribution in [0, 0.1) is 0 Å². The number of anilines is 2. The zero-order chi connectivity index (χ0) is 12.7. The molecule has 0 saturated carbocycles. The van der Waals surface area contributed by atoms with E-state index in [0.29, 0.717) is 23.9 Å². The number of ether oxygens (including phenoxy) is 2. The first-order valence-electron chi connectivity index (χ1n) is 5.03. The molecule has 0 amide bonds.